The lowest BCUT2D eigenvalue weighted by molar-refractivity contribution is 0.288. The maximum atomic E-state index is 11.2. The Hall–Kier alpha value is -3.73. The van der Waals surface area contributed by atoms with E-state index in [0.717, 1.165) is 41.0 Å². The highest BCUT2D eigenvalue weighted by molar-refractivity contribution is 5.73. The van der Waals surface area contributed by atoms with Crippen LogP contribution in [0.4, 0.5) is 0 Å². The number of hydrogen-bond donors (Lipinski definition) is 1. The molecule has 0 aliphatic rings. The van der Waals surface area contributed by atoms with E-state index in [0.29, 0.717) is 35.4 Å². The molecule has 198 valence electrons. The van der Waals surface area contributed by atoms with E-state index in [1.54, 1.807) is 6.07 Å². The molecule has 38 heavy (non-hydrogen) atoms. The summed E-state index contributed by atoms with van der Waals surface area (Å²) < 4.78 is 5.98. The lowest BCUT2D eigenvalue weighted by Crippen LogP contribution is -2.03. The first-order valence-electron chi connectivity index (χ1n) is 13.6. The molecule has 0 amide bonds. The van der Waals surface area contributed by atoms with Crippen molar-refractivity contribution in [2.45, 2.75) is 67.2 Å². The Morgan fingerprint density at radius 1 is 0.684 bits per heavy atom. The fourth-order valence-electron chi connectivity index (χ4n) is 4.70. The summed E-state index contributed by atoms with van der Waals surface area (Å²) in [6, 6.07) is 18.0. The first-order chi connectivity index (χ1) is 18.2. The van der Waals surface area contributed by atoms with Gasteiger partial charge in [-0.25, -0.2) is 15.0 Å². The van der Waals surface area contributed by atoms with Crippen LogP contribution in [-0.2, 0) is 0 Å². The molecular weight excluding hydrogens is 470 g/mol. The van der Waals surface area contributed by atoms with Gasteiger partial charge in [0.15, 0.2) is 29.0 Å². The Morgan fingerprint density at radius 2 is 1.24 bits per heavy atom. The molecule has 4 rings (SSSR count). The second kappa shape index (κ2) is 12.2. The molecule has 1 N–H and O–H groups in total. The molecule has 0 spiro atoms. The van der Waals surface area contributed by atoms with Gasteiger partial charge < -0.3 is 9.84 Å². The van der Waals surface area contributed by atoms with E-state index in [2.05, 4.69) is 65.8 Å². The molecule has 1 heterocycles. The minimum absolute atomic E-state index is 0.0547. The van der Waals surface area contributed by atoms with Crippen molar-refractivity contribution < 1.29 is 9.84 Å². The second-order valence-electron chi connectivity index (χ2n) is 10.7. The molecule has 5 heteroatoms. The van der Waals surface area contributed by atoms with Crippen molar-refractivity contribution in [3.8, 4) is 45.7 Å². The number of aryl methyl sites for hydroxylation is 4. The van der Waals surface area contributed by atoms with Crippen molar-refractivity contribution >= 4 is 0 Å². The van der Waals surface area contributed by atoms with Gasteiger partial charge in [-0.15, -0.1) is 0 Å². The molecule has 5 nitrogen and oxygen atoms in total. The van der Waals surface area contributed by atoms with Gasteiger partial charge in [-0.3, -0.25) is 0 Å². The van der Waals surface area contributed by atoms with Crippen molar-refractivity contribution in [3.63, 3.8) is 0 Å². The number of hydrogen-bond acceptors (Lipinski definition) is 5. The monoisotopic (exact) mass is 509 g/mol. The highest BCUT2D eigenvalue weighted by Crippen LogP contribution is 2.37. The number of aromatic hydroxyl groups is 1. The first kappa shape index (κ1) is 27.3. The van der Waals surface area contributed by atoms with E-state index in [-0.39, 0.29) is 5.75 Å². The van der Waals surface area contributed by atoms with Gasteiger partial charge in [0, 0.05) is 11.1 Å². The summed E-state index contributed by atoms with van der Waals surface area (Å²) in [5, 5.41) is 11.2. The molecule has 0 fully saturated rings. The summed E-state index contributed by atoms with van der Waals surface area (Å²) in [5.74, 6) is 2.81. The lowest BCUT2D eigenvalue weighted by atomic mass is 10.0. The third-order valence-corrected chi connectivity index (χ3v) is 6.80. The minimum atomic E-state index is 0.0547. The first-order valence-corrected chi connectivity index (χ1v) is 13.6. The molecule has 3 aromatic carbocycles. The number of aromatic nitrogens is 3. The number of unbranched alkanes of at least 4 members (excludes halogenated alkanes) is 2. The molecule has 0 bridgehead atoms. The van der Waals surface area contributed by atoms with Crippen molar-refractivity contribution in [3.05, 3.63) is 76.9 Å². The molecule has 0 aliphatic heterocycles. The average molecular weight is 510 g/mol. The molecule has 0 atom stereocenters. The zero-order valence-corrected chi connectivity index (χ0v) is 23.5. The van der Waals surface area contributed by atoms with Crippen LogP contribution in [0.5, 0.6) is 11.5 Å². The number of ether oxygens (including phenoxy) is 1. The Balaban J connectivity index is 1.72. The van der Waals surface area contributed by atoms with Crippen LogP contribution in [0.2, 0.25) is 0 Å². The highest BCUT2D eigenvalue weighted by atomic mass is 16.5. The molecule has 0 saturated carbocycles. The fraction of sp³-hybridized carbons (Fsp3) is 0.364. The zero-order valence-electron chi connectivity index (χ0n) is 23.5. The van der Waals surface area contributed by atoms with Crippen molar-refractivity contribution in [2.75, 3.05) is 6.61 Å². The Kier molecular flexibility index (Phi) is 8.77. The maximum absolute atomic E-state index is 11.2. The summed E-state index contributed by atoms with van der Waals surface area (Å²) in [6.45, 7) is 13.3. The van der Waals surface area contributed by atoms with Gasteiger partial charge in [-0.05, 0) is 63.3 Å². The number of phenols is 1. The smallest absolute Gasteiger partial charge is 0.168 e. The van der Waals surface area contributed by atoms with Crippen LogP contribution in [0, 0.1) is 33.6 Å². The van der Waals surface area contributed by atoms with Crippen molar-refractivity contribution in [1.29, 1.82) is 0 Å². The zero-order chi connectivity index (χ0) is 27.2. The summed E-state index contributed by atoms with van der Waals surface area (Å²) in [5.41, 5.74) is 6.96. The van der Waals surface area contributed by atoms with Crippen LogP contribution in [0.1, 0.15) is 61.8 Å². The predicted molar refractivity (Wildman–Crippen MR) is 156 cm³/mol. The van der Waals surface area contributed by atoms with Crippen LogP contribution >= 0.6 is 0 Å². The van der Waals surface area contributed by atoms with Gasteiger partial charge in [0.25, 0.3) is 0 Å². The van der Waals surface area contributed by atoms with Gasteiger partial charge >= 0.3 is 0 Å². The average Bonchev–Trinajstić information content (AvgIpc) is 2.86. The highest BCUT2D eigenvalue weighted by Gasteiger charge is 2.18. The van der Waals surface area contributed by atoms with Crippen LogP contribution in [0.3, 0.4) is 0 Å². The van der Waals surface area contributed by atoms with E-state index in [1.807, 2.05) is 24.3 Å². The number of phenolic OH excluding ortho intramolecular Hbond substituents is 1. The van der Waals surface area contributed by atoms with Gasteiger partial charge in [0.05, 0.1) is 12.2 Å². The van der Waals surface area contributed by atoms with Crippen LogP contribution in [-0.4, -0.2) is 26.7 Å². The summed E-state index contributed by atoms with van der Waals surface area (Å²) >= 11 is 0. The molecule has 0 aliphatic carbocycles. The number of para-hydroxylation sites is 1. The summed E-state index contributed by atoms with van der Waals surface area (Å²) in [7, 11) is 0. The molecule has 0 radical (unpaired) electrons. The predicted octanol–water partition coefficient (Wildman–Crippen LogP) is 8.41. The molecular formula is C33H39N3O2. The van der Waals surface area contributed by atoms with Crippen LogP contribution in [0.15, 0.2) is 54.6 Å². The standard InChI is InChI=1S/C33H39N3O2/c1-21(2)11-8-7-9-18-38-29-13-10-12-28(30(29)37)33-35-31(26-16-14-22(3)19-24(26)5)34-32(36-33)27-17-15-23(4)20-25(27)6/h10,12-17,19-21,37H,7-9,11,18H2,1-6H3. The fourth-order valence-corrected chi connectivity index (χ4v) is 4.70. The Bertz CT molecular complexity index is 1340. The van der Waals surface area contributed by atoms with E-state index < -0.39 is 0 Å². The molecule has 0 unspecified atom stereocenters. The molecule has 1 aromatic heterocycles. The third-order valence-electron chi connectivity index (χ3n) is 6.80. The normalized spacial score (nSPS) is 11.2. The summed E-state index contributed by atoms with van der Waals surface area (Å²) in [6.07, 6.45) is 4.49. The quantitative estimate of drug-likeness (QED) is 0.217. The number of benzene rings is 3. The van der Waals surface area contributed by atoms with Gasteiger partial charge in [0.2, 0.25) is 0 Å². The van der Waals surface area contributed by atoms with E-state index >= 15 is 0 Å². The second-order valence-corrected chi connectivity index (χ2v) is 10.7. The Labute approximate surface area is 227 Å². The van der Waals surface area contributed by atoms with E-state index in [9.17, 15) is 5.11 Å². The van der Waals surface area contributed by atoms with Crippen LogP contribution < -0.4 is 4.74 Å². The Morgan fingerprint density at radius 3 is 1.76 bits per heavy atom. The molecule has 0 saturated heterocycles. The minimum Gasteiger partial charge on any atom is -0.504 e. The summed E-state index contributed by atoms with van der Waals surface area (Å²) in [4.78, 5) is 14.6. The van der Waals surface area contributed by atoms with Gasteiger partial charge in [0.1, 0.15) is 0 Å². The number of rotatable bonds is 10. The van der Waals surface area contributed by atoms with Gasteiger partial charge in [-0.2, -0.15) is 0 Å². The number of nitrogens with zero attached hydrogens (tertiary/aromatic N) is 3. The maximum Gasteiger partial charge on any atom is 0.168 e. The largest absolute Gasteiger partial charge is 0.504 e. The third kappa shape index (κ3) is 6.58. The van der Waals surface area contributed by atoms with Crippen molar-refractivity contribution in [1.82, 2.24) is 15.0 Å². The van der Waals surface area contributed by atoms with Crippen molar-refractivity contribution in [2.24, 2.45) is 5.92 Å². The van der Waals surface area contributed by atoms with Crippen LogP contribution in [0.25, 0.3) is 34.2 Å². The molecule has 4 aromatic rings. The SMILES string of the molecule is Cc1ccc(-c2nc(-c3ccc(C)cc3C)nc(-c3cccc(OCCCCCC(C)C)c3O)n2)c(C)c1. The van der Waals surface area contributed by atoms with Gasteiger partial charge in [-0.1, -0.05) is 86.7 Å². The topological polar surface area (TPSA) is 68.1 Å². The van der Waals surface area contributed by atoms with E-state index in [1.165, 1.54) is 24.0 Å². The van der Waals surface area contributed by atoms with E-state index in [4.69, 9.17) is 19.7 Å². The lowest BCUT2D eigenvalue weighted by Gasteiger charge is -2.14.